The molecule has 0 unspecified atom stereocenters. The van der Waals surface area contributed by atoms with Gasteiger partial charge in [0, 0.05) is 17.0 Å². The van der Waals surface area contributed by atoms with Gasteiger partial charge in [0.2, 0.25) is 0 Å². The van der Waals surface area contributed by atoms with Crippen LogP contribution in [0.25, 0.3) is 10.6 Å². The molecule has 21 heavy (non-hydrogen) atoms. The van der Waals surface area contributed by atoms with Crippen LogP contribution in [0.15, 0.2) is 22.7 Å². The molecule has 0 radical (unpaired) electrons. The summed E-state index contributed by atoms with van der Waals surface area (Å²) in [6.45, 7) is 3.33. The number of aromatic nitrogens is 1. The molecule has 0 amide bonds. The number of halogens is 2. The van der Waals surface area contributed by atoms with Crippen LogP contribution in [0.5, 0.6) is 0 Å². The van der Waals surface area contributed by atoms with E-state index in [1.54, 1.807) is 19.1 Å². The van der Waals surface area contributed by atoms with E-state index in [0.29, 0.717) is 14.9 Å². The van der Waals surface area contributed by atoms with Crippen LogP contribution in [0.4, 0.5) is 0 Å². The van der Waals surface area contributed by atoms with Gasteiger partial charge in [0.1, 0.15) is 9.88 Å². The zero-order valence-corrected chi connectivity index (χ0v) is 14.4. The molecule has 2 rings (SSSR count). The van der Waals surface area contributed by atoms with E-state index >= 15 is 0 Å². The van der Waals surface area contributed by atoms with Crippen molar-refractivity contribution >= 4 is 50.6 Å². The Morgan fingerprint density at radius 1 is 1.43 bits per heavy atom. The molecule has 4 nitrogen and oxygen atoms in total. The molecule has 0 aliphatic carbocycles. The number of benzene rings is 1. The lowest BCUT2D eigenvalue weighted by Crippen LogP contribution is -2.09. The van der Waals surface area contributed by atoms with E-state index in [0.717, 1.165) is 21.4 Å². The van der Waals surface area contributed by atoms with Crippen molar-refractivity contribution in [2.45, 2.75) is 13.8 Å². The Morgan fingerprint density at radius 3 is 2.71 bits per heavy atom. The van der Waals surface area contributed by atoms with Gasteiger partial charge in [-0.25, -0.2) is 9.78 Å². The number of hydrogen-bond donors (Lipinski definition) is 0. The molecule has 0 aliphatic rings. The zero-order valence-electron chi connectivity index (χ0n) is 11.3. The number of rotatable bonds is 4. The molecule has 0 saturated carbocycles. The maximum absolute atomic E-state index is 11.9. The van der Waals surface area contributed by atoms with Gasteiger partial charge in [-0.15, -0.1) is 11.3 Å². The van der Waals surface area contributed by atoms with E-state index in [1.807, 2.05) is 6.07 Å². The lowest BCUT2D eigenvalue weighted by molar-refractivity contribution is 0.0517. The Morgan fingerprint density at radius 2 is 2.14 bits per heavy atom. The van der Waals surface area contributed by atoms with E-state index in [9.17, 15) is 9.59 Å². The van der Waals surface area contributed by atoms with Crippen molar-refractivity contribution in [1.82, 2.24) is 4.98 Å². The number of carbonyl (C=O) groups excluding carboxylic acids is 2. The summed E-state index contributed by atoms with van der Waals surface area (Å²) in [4.78, 5) is 28.1. The van der Waals surface area contributed by atoms with Crippen LogP contribution in [0.2, 0.25) is 5.02 Å². The van der Waals surface area contributed by atoms with Gasteiger partial charge in [0.25, 0.3) is 0 Å². The molecule has 2 aromatic rings. The van der Waals surface area contributed by atoms with Gasteiger partial charge >= 0.3 is 5.97 Å². The topological polar surface area (TPSA) is 56.3 Å². The Labute approximate surface area is 139 Å². The quantitative estimate of drug-likeness (QED) is 0.567. The summed E-state index contributed by atoms with van der Waals surface area (Å²) in [7, 11) is 0. The Balaban J connectivity index is 2.50. The number of thiazole rings is 1. The SMILES string of the molecule is CCOC(=O)c1nc(-c2ccc(Br)c(Cl)c2)sc1C(C)=O. The van der Waals surface area contributed by atoms with Gasteiger partial charge in [0.05, 0.1) is 11.6 Å². The maximum atomic E-state index is 11.9. The number of ketones is 1. The third kappa shape index (κ3) is 3.51. The van der Waals surface area contributed by atoms with Crippen LogP contribution in [0.1, 0.15) is 34.0 Å². The van der Waals surface area contributed by atoms with E-state index in [2.05, 4.69) is 20.9 Å². The first-order valence-corrected chi connectivity index (χ1v) is 8.07. The van der Waals surface area contributed by atoms with Gasteiger partial charge in [-0.2, -0.15) is 0 Å². The first-order valence-electron chi connectivity index (χ1n) is 6.08. The van der Waals surface area contributed by atoms with Crippen LogP contribution in [0, 0.1) is 0 Å². The van der Waals surface area contributed by atoms with Crippen molar-refractivity contribution < 1.29 is 14.3 Å². The van der Waals surface area contributed by atoms with Crippen molar-refractivity contribution in [2.75, 3.05) is 6.61 Å². The summed E-state index contributed by atoms with van der Waals surface area (Å²) in [6.07, 6.45) is 0. The molecule has 0 atom stereocenters. The third-order valence-corrected chi connectivity index (χ3v) is 5.02. The van der Waals surface area contributed by atoms with Crippen LogP contribution in [-0.2, 0) is 4.74 Å². The highest BCUT2D eigenvalue weighted by molar-refractivity contribution is 9.10. The Hall–Kier alpha value is -1.24. The Kier molecular flexibility index (Phi) is 5.13. The molecule has 1 aromatic heterocycles. The fourth-order valence-electron chi connectivity index (χ4n) is 1.65. The average Bonchev–Trinajstić information content (AvgIpc) is 2.87. The highest BCUT2D eigenvalue weighted by atomic mass is 79.9. The molecule has 110 valence electrons. The fourth-order valence-corrected chi connectivity index (χ4v) is 3.02. The molecule has 0 fully saturated rings. The summed E-state index contributed by atoms with van der Waals surface area (Å²) in [5, 5.41) is 1.09. The Bertz CT molecular complexity index is 714. The number of hydrogen-bond acceptors (Lipinski definition) is 5. The lowest BCUT2D eigenvalue weighted by atomic mass is 10.2. The van der Waals surface area contributed by atoms with Gasteiger partial charge in [0.15, 0.2) is 11.5 Å². The summed E-state index contributed by atoms with van der Waals surface area (Å²) < 4.78 is 5.70. The third-order valence-electron chi connectivity index (χ3n) is 2.58. The monoisotopic (exact) mass is 387 g/mol. The maximum Gasteiger partial charge on any atom is 0.358 e. The molecular weight excluding hydrogens is 378 g/mol. The molecule has 0 saturated heterocycles. The van der Waals surface area contributed by atoms with E-state index in [4.69, 9.17) is 16.3 Å². The number of esters is 1. The van der Waals surface area contributed by atoms with Gasteiger partial charge < -0.3 is 4.74 Å². The highest BCUT2D eigenvalue weighted by Crippen LogP contribution is 2.33. The smallest absolute Gasteiger partial charge is 0.358 e. The normalized spacial score (nSPS) is 10.5. The fraction of sp³-hybridized carbons (Fsp3) is 0.214. The predicted octanol–water partition coefficient (Wildman–Crippen LogP) is 4.61. The van der Waals surface area contributed by atoms with Crippen molar-refractivity contribution in [3.8, 4) is 10.6 Å². The van der Waals surface area contributed by atoms with Gasteiger partial charge in [-0.1, -0.05) is 17.7 Å². The number of carbonyl (C=O) groups is 2. The molecule has 1 heterocycles. The number of ether oxygens (including phenoxy) is 1. The van der Waals surface area contributed by atoms with Gasteiger partial charge in [-0.05, 0) is 35.0 Å². The summed E-state index contributed by atoms with van der Waals surface area (Å²) >= 11 is 10.5. The summed E-state index contributed by atoms with van der Waals surface area (Å²) in [5.41, 5.74) is 0.801. The van der Waals surface area contributed by atoms with E-state index in [-0.39, 0.29) is 18.1 Å². The zero-order chi connectivity index (χ0) is 15.6. The molecule has 0 bridgehead atoms. The highest BCUT2D eigenvalue weighted by Gasteiger charge is 2.23. The van der Waals surface area contributed by atoms with Crippen LogP contribution < -0.4 is 0 Å². The number of nitrogens with zero attached hydrogens (tertiary/aromatic N) is 1. The van der Waals surface area contributed by atoms with E-state index in [1.165, 1.54) is 6.92 Å². The van der Waals surface area contributed by atoms with Crippen LogP contribution in [0.3, 0.4) is 0 Å². The first kappa shape index (κ1) is 16.1. The van der Waals surface area contributed by atoms with Crippen molar-refractivity contribution in [2.24, 2.45) is 0 Å². The second kappa shape index (κ2) is 6.68. The standard InChI is InChI=1S/C14H11BrClNO3S/c1-3-20-14(19)11-12(7(2)18)21-13(17-11)8-4-5-9(15)10(16)6-8/h4-6H,3H2,1-2H3. The predicted molar refractivity (Wildman–Crippen MR) is 86.2 cm³/mol. The largest absolute Gasteiger partial charge is 0.461 e. The molecule has 0 N–H and O–H groups in total. The van der Waals surface area contributed by atoms with Crippen LogP contribution in [-0.4, -0.2) is 23.3 Å². The molecule has 1 aromatic carbocycles. The van der Waals surface area contributed by atoms with Crippen molar-refractivity contribution in [1.29, 1.82) is 0 Å². The first-order chi connectivity index (χ1) is 9.93. The second-order valence-corrected chi connectivity index (χ2v) is 6.36. The molecule has 7 heteroatoms. The second-order valence-electron chi connectivity index (χ2n) is 4.10. The minimum atomic E-state index is -0.589. The minimum absolute atomic E-state index is 0.0587. The minimum Gasteiger partial charge on any atom is -0.461 e. The average molecular weight is 389 g/mol. The summed E-state index contributed by atoms with van der Waals surface area (Å²) in [6, 6.07) is 5.33. The molecule has 0 spiro atoms. The van der Waals surface area contributed by atoms with Crippen molar-refractivity contribution in [3.05, 3.63) is 38.3 Å². The van der Waals surface area contributed by atoms with E-state index < -0.39 is 5.97 Å². The van der Waals surface area contributed by atoms with Crippen LogP contribution >= 0.6 is 38.9 Å². The molecular formula is C14H11BrClNO3S. The summed E-state index contributed by atoms with van der Waals surface area (Å²) in [5.74, 6) is -0.807. The number of Topliss-reactive ketones (excluding diaryl/α,β-unsaturated/α-hetero) is 1. The lowest BCUT2D eigenvalue weighted by Gasteiger charge is -2.00. The van der Waals surface area contributed by atoms with Crippen molar-refractivity contribution in [3.63, 3.8) is 0 Å². The molecule has 0 aliphatic heterocycles. The van der Waals surface area contributed by atoms with Gasteiger partial charge in [-0.3, -0.25) is 4.79 Å².